The standard InChI is InChI=1S/C26H29F3N8O2/c27-26(28,29)13-37-19-7-17(30-8-16(19)21(34-37)35-11-24(12-35)14-39-15-24)20-18(9-31-33-20)32-22(38)36-6-5-23(1-2-23)10-25(36)3-4-25/h7-9H,1-6,10-15H2,(H,31,33)(H,32,38). The molecule has 2 saturated carbocycles. The average molecular weight is 543 g/mol. The predicted octanol–water partition coefficient (Wildman–Crippen LogP) is 4.16. The summed E-state index contributed by atoms with van der Waals surface area (Å²) in [6.07, 6.45) is 5.38. The Morgan fingerprint density at radius 3 is 2.56 bits per heavy atom. The Hall–Kier alpha value is -3.35. The first-order valence-corrected chi connectivity index (χ1v) is 13.5. The lowest BCUT2D eigenvalue weighted by atomic mass is 9.78. The van der Waals surface area contributed by atoms with Gasteiger partial charge in [0.05, 0.1) is 47.1 Å². The van der Waals surface area contributed by atoms with E-state index in [1.807, 2.05) is 9.80 Å². The molecule has 6 heterocycles. The number of fused-ring (bicyclic) bond motifs is 1. The van der Waals surface area contributed by atoms with Crippen molar-refractivity contribution in [2.45, 2.75) is 56.8 Å². The molecule has 0 radical (unpaired) electrons. The van der Waals surface area contributed by atoms with Crippen LogP contribution in [-0.2, 0) is 11.3 Å². The van der Waals surface area contributed by atoms with Crippen LogP contribution in [0.3, 0.4) is 0 Å². The molecule has 3 spiro atoms. The molecular formula is C26H29F3N8O2. The number of hydrogen-bond acceptors (Lipinski definition) is 6. The molecule has 206 valence electrons. The van der Waals surface area contributed by atoms with Gasteiger partial charge in [-0.15, -0.1) is 0 Å². The number of anilines is 2. The summed E-state index contributed by atoms with van der Waals surface area (Å²) in [5.74, 6) is 0.497. The molecule has 0 bridgehead atoms. The number of hydrogen-bond donors (Lipinski definition) is 2. The monoisotopic (exact) mass is 542 g/mol. The van der Waals surface area contributed by atoms with Crippen LogP contribution in [0.25, 0.3) is 22.3 Å². The highest BCUT2D eigenvalue weighted by atomic mass is 19.4. The Bertz CT molecular complexity index is 1480. The summed E-state index contributed by atoms with van der Waals surface area (Å²) in [7, 11) is 0. The van der Waals surface area contributed by atoms with E-state index >= 15 is 0 Å². The first-order chi connectivity index (χ1) is 18.7. The van der Waals surface area contributed by atoms with Crippen molar-refractivity contribution in [3.63, 3.8) is 0 Å². The van der Waals surface area contributed by atoms with Gasteiger partial charge in [0.1, 0.15) is 12.2 Å². The number of nitrogens with zero attached hydrogens (tertiary/aromatic N) is 6. The van der Waals surface area contributed by atoms with Crippen molar-refractivity contribution in [2.75, 3.05) is 43.1 Å². The Morgan fingerprint density at radius 1 is 1.10 bits per heavy atom. The van der Waals surface area contributed by atoms with E-state index in [-0.39, 0.29) is 17.0 Å². The molecule has 0 atom stereocenters. The molecule has 5 aliphatic rings. The first kappa shape index (κ1) is 23.5. The highest BCUT2D eigenvalue weighted by molar-refractivity contribution is 5.96. The van der Waals surface area contributed by atoms with Crippen LogP contribution in [-0.4, -0.2) is 80.5 Å². The molecule has 10 nitrogen and oxygen atoms in total. The van der Waals surface area contributed by atoms with Gasteiger partial charge in [-0.1, -0.05) is 0 Å². The zero-order valence-electron chi connectivity index (χ0n) is 21.4. The van der Waals surface area contributed by atoms with Crippen LogP contribution in [0.2, 0.25) is 0 Å². The number of rotatable bonds is 4. The zero-order chi connectivity index (χ0) is 26.6. The highest BCUT2D eigenvalue weighted by Gasteiger charge is 2.61. The second-order valence-corrected chi connectivity index (χ2v) is 12.4. The summed E-state index contributed by atoms with van der Waals surface area (Å²) in [6, 6.07) is 1.42. The summed E-state index contributed by atoms with van der Waals surface area (Å²) < 4.78 is 46.7. The van der Waals surface area contributed by atoms with E-state index in [9.17, 15) is 18.0 Å². The average Bonchev–Trinajstić information content (AvgIpc) is 3.67. The first-order valence-electron chi connectivity index (χ1n) is 13.5. The number of carbonyl (C=O) groups excluding carboxylic acids is 1. The lowest BCUT2D eigenvalue weighted by Gasteiger charge is -2.55. The molecule has 5 fully saturated rings. The van der Waals surface area contributed by atoms with E-state index in [4.69, 9.17) is 4.74 Å². The Labute approximate surface area is 221 Å². The lowest BCUT2D eigenvalue weighted by Crippen LogP contribution is -2.66. The van der Waals surface area contributed by atoms with Crippen molar-refractivity contribution in [1.29, 1.82) is 0 Å². The number of pyridine rings is 1. The smallest absolute Gasteiger partial charge is 0.380 e. The van der Waals surface area contributed by atoms with Crippen LogP contribution in [0.5, 0.6) is 0 Å². The summed E-state index contributed by atoms with van der Waals surface area (Å²) in [5, 5.41) is 14.9. The van der Waals surface area contributed by atoms with E-state index in [0.717, 1.165) is 36.9 Å². The molecule has 13 heteroatoms. The number of likely N-dealkylation sites (tertiary alicyclic amines) is 1. The molecule has 2 amide bonds. The molecule has 8 rings (SSSR count). The number of aromatic amines is 1. The fourth-order valence-electron chi connectivity index (χ4n) is 6.94. The number of H-pyrrole nitrogens is 1. The molecular weight excluding hydrogens is 513 g/mol. The minimum atomic E-state index is -4.43. The fourth-order valence-corrected chi connectivity index (χ4v) is 6.94. The third-order valence-electron chi connectivity index (χ3n) is 9.42. The number of nitrogens with one attached hydrogen (secondary N) is 2. The topological polar surface area (TPSA) is 104 Å². The van der Waals surface area contributed by atoms with E-state index < -0.39 is 12.7 Å². The highest BCUT2D eigenvalue weighted by Crippen LogP contribution is 2.63. The molecule has 3 aliphatic heterocycles. The van der Waals surface area contributed by atoms with Crippen LogP contribution in [0.15, 0.2) is 18.5 Å². The molecule has 0 aromatic carbocycles. The molecule has 39 heavy (non-hydrogen) atoms. The number of amides is 2. The molecule has 3 aromatic rings. The number of alkyl halides is 3. The van der Waals surface area contributed by atoms with Crippen molar-refractivity contribution in [3.8, 4) is 11.4 Å². The maximum absolute atomic E-state index is 13.5. The van der Waals surface area contributed by atoms with Gasteiger partial charge in [-0.05, 0) is 50.0 Å². The molecule has 2 N–H and O–H groups in total. The van der Waals surface area contributed by atoms with Crippen molar-refractivity contribution in [3.05, 3.63) is 18.5 Å². The second-order valence-electron chi connectivity index (χ2n) is 12.4. The number of halogens is 3. The normalized spacial score (nSPS) is 23.8. The minimum Gasteiger partial charge on any atom is -0.380 e. The second kappa shape index (κ2) is 7.64. The van der Waals surface area contributed by atoms with Crippen LogP contribution in [0.4, 0.5) is 29.5 Å². The van der Waals surface area contributed by atoms with Crippen LogP contribution in [0, 0.1) is 10.8 Å². The van der Waals surface area contributed by atoms with Gasteiger partial charge in [0.2, 0.25) is 0 Å². The summed E-state index contributed by atoms with van der Waals surface area (Å²) in [5.41, 5.74) is 2.12. The van der Waals surface area contributed by atoms with Crippen LogP contribution < -0.4 is 10.2 Å². The molecule has 0 unspecified atom stereocenters. The number of aromatic nitrogens is 5. The quantitative estimate of drug-likeness (QED) is 0.513. The van der Waals surface area contributed by atoms with Crippen molar-refractivity contribution < 1.29 is 22.7 Å². The van der Waals surface area contributed by atoms with Crippen LogP contribution >= 0.6 is 0 Å². The predicted molar refractivity (Wildman–Crippen MR) is 135 cm³/mol. The third-order valence-corrected chi connectivity index (χ3v) is 9.42. The number of ether oxygens (including phenoxy) is 1. The Morgan fingerprint density at radius 2 is 1.90 bits per heavy atom. The largest absolute Gasteiger partial charge is 0.408 e. The van der Waals surface area contributed by atoms with E-state index in [1.54, 1.807) is 12.3 Å². The third kappa shape index (κ3) is 3.80. The lowest BCUT2D eigenvalue weighted by molar-refractivity contribution is -0.141. The van der Waals surface area contributed by atoms with Gasteiger partial charge in [0.25, 0.3) is 0 Å². The van der Waals surface area contributed by atoms with Crippen molar-refractivity contribution >= 4 is 28.4 Å². The van der Waals surface area contributed by atoms with E-state index in [1.165, 1.54) is 19.0 Å². The Kier molecular flexibility index (Phi) is 4.61. The fraction of sp³-hybridized carbons (Fsp3) is 0.615. The molecule has 3 aromatic heterocycles. The van der Waals surface area contributed by atoms with Gasteiger partial charge in [-0.25, -0.2) is 4.79 Å². The van der Waals surface area contributed by atoms with Gasteiger partial charge in [0, 0.05) is 31.4 Å². The van der Waals surface area contributed by atoms with Gasteiger partial charge < -0.3 is 19.9 Å². The number of carbonyl (C=O) groups is 1. The summed E-state index contributed by atoms with van der Waals surface area (Å²) >= 11 is 0. The van der Waals surface area contributed by atoms with Gasteiger partial charge in [-0.3, -0.25) is 14.8 Å². The maximum atomic E-state index is 13.5. The van der Waals surface area contributed by atoms with Crippen molar-refractivity contribution in [2.24, 2.45) is 10.8 Å². The van der Waals surface area contributed by atoms with Crippen LogP contribution in [0.1, 0.15) is 38.5 Å². The summed E-state index contributed by atoms with van der Waals surface area (Å²) in [6.45, 7) is 2.26. The number of urea groups is 1. The van der Waals surface area contributed by atoms with Crippen molar-refractivity contribution in [1.82, 2.24) is 29.9 Å². The van der Waals surface area contributed by atoms with E-state index in [2.05, 4.69) is 25.6 Å². The van der Waals surface area contributed by atoms with Gasteiger partial charge in [0.15, 0.2) is 5.82 Å². The minimum absolute atomic E-state index is 0.0264. The van der Waals surface area contributed by atoms with Gasteiger partial charge >= 0.3 is 12.2 Å². The maximum Gasteiger partial charge on any atom is 0.408 e. The van der Waals surface area contributed by atoms with Gasteiger partial charge in [-0.2, -0.15) is 23.4 Å². The number of piperidine rings is 1. The zero-order valence-corrected chi connectivity index (χ0v) is 21.4. The van der Waals surface area contributed by atoms with E-state index in [0.29, 0.717) is 65.5 Å². The Balaban J connectivity index is 1.08. The summed E-state index contributed by atoms with van der Waals surface area (Å²) in [4.78, 5) is 21.9. The molecule has 2 aliphatic carbocycles. The SMILES string of the molecule is O=C(Nc1cn[nH]c1-c1cc2c(cn1)c(N1CC3(COC3)C1)nn2CC(F)(F)F)N1CCC2(CC2)CC12CC2. The molecule has 3 saturated heterocycles.